The van der Waals surface area contributed by atoms with Gasteiger partial charge in [0, 0.05) is 37.8 Å². The number of ether oxygens (including phenoxy) is 1. The lowest BCUT2D eigenvalue weighted by atomic mass is 9.92. The number of likely N-dealkylation sites (N-methyl/N-ethyl adjacent to an activating group) is 1. The van der Waals surface area contributed by atoms with Crippen LogP contribution in [0.15, 0.2) is 0 Å². The zero-order valence-electron chi connectivity index (χ0n) is 14.8. The van der Waals surface area contributed by atoms with Gasteiger partial charge in [-0.2, -0.15) is 0 Å². The molecule has 1 N–H and O–H groups in total. The first-order valence-corrected chi connectivity index (χ1v) is 7.90. The van der Waals surface area contributed by atoms with Crippen molar-refractivity contribution in [3.05, 3.63) is 0 Å². The minimum absolute atomic E-state index is 0.190. The first-order valence-electron chi connectivity index (χ1n) is 7.90. The van der Waals surface area contributed by atoms with Crippen molar-refractivity contribution in [1.29, 1.82) is 0 Å². The Morgan fingerprint density at radius 1 is 1.19 bits per heavy atom. The minimum Gasteiger partial charge on any atom is -0.468 e. The number of nitrogens with one attached hydrogen (secondary N) is 1. The van der Waals surface area contributed by atoms with Gasteiger partial charge in [0.1, 0.15) is 5.54 Å². The number of hydrogen-bond donors (Lipinski definition) is 1. The molecule has 2 atom stereocenters. The van der Waals surface area contributed by atoms with E-state index in [2.05, 4.69) is 42.8 Å². The van der Waals surface area contributed by atoms with E-state index in [1.165, 1.54) is 7.11 Å². The van der Waals surface area contributed by atoms with Gasteiger partial charge in [0.15, 0.2) is 0 Å². The van der Waals surface area contributed by atoms with Gasteiger partial charge in [-0.05, 0) is 48.1 Å². The molecule has 0 aromatic carbocycles. The Labute approximate surface area is 130 Å². The van der Waals surface area contributed by atoms with Gasteiger partial charge >= 0.3 is 5.97 Å². The summed E-state index contributed by atoms with van der Waals surface area (Å²) in [6.45, 7) is 15.2. The maximum absolute atomic E-state index is 12.0. The Morgan fingerprint density at radius 3 is 2.10 bits per heavy atom. The Bertz CT molecular complexity index is 346. The number of rotatable bonds is 5. The van der Waals surface area contributed by atoms with Gasteiger partial charge in [-0.15, -0.1) is 0 Å². The Kier molecular flexibility index (Phi) is 6.20. The van der Waals surface area contributed by atoms with Crippen molar-refractivity contribution >= 4 is 5.97 Å². The number of hydrogen-bond acceptors (Lipinski definition) is 5. The summed E-state index contributed by atoms with van der Waals surface area (Å²) in [4.78, 5) is 16.9. The molecule has 0 saturated carbocycles. The molecule has 0 amide bonds. The van der Waals surface area contributed by atoms with Crippen LogP contribution in [-0.2, 0) is 9.53 Å². The lowest BCUT2D eigenvalue weighted by Gasteiger charge is -2.45. The maximum Gasteiger partial charge on any atom is 0.325 e. The summed E-state index contributed by atoms with van der Waals surface area (Å²) < 4.78 is 4.93. The van der Waals surface area contributed by atoms with Crippen LogP contribution in [0.1, 0.15) is 41.0 Å². The molecule has 2 unspecified atom stereocenters. The van der Waals surface area contributed by atoms with Crippen molar-refractivity contribution in [3.8, 4) is 0 Å². The topological polar surface area (TPSA) is 44.8 Å². The molecule has 0 aliphatic carbocycles. The third-order valence-electron chi connectivity index (χ3n) is 4.78. The number of esters is 1. The molecule has 124 valence electrons. The van der Waals surface area contributed by atoms with E-state index in [0.29, 0.717) is 6.04 Å². The molecular formula is C16H33N3O2. The second-order valence-electron chi connectivity index (χ2n) is 7.32. The van der Waals surface area contributed by atoms with Gasteiger partial charge in [-0.25, -0.2) is 0 Å². The molecule has 5 nitrogen and oxygen atoms in total. The predicted octanol–water partition coefficient (Wildman–Crippen LogP) is 1.33. The Balaban J connectivity index is 2.58. The van der Waals surface area contributed by atoms with Crippen LogP contribution in [-0.4, -0.2) is 73.2 Å². The normalized spacial score (nSPS) is 22.6. The van der Waals surface area contributed by atoms with Crippen LogP contribution >= 0.6 is 0 Å². The second kappa shape index (κ2) is 7.07. The van der Waals surface area contributed by atoms with Crippen molar-refractivity contribution in [2.24, 2.45) is 0 Å². The van der Waals surface area contributed by atoms with Gasteiger partial charge in [-0.1, -0.05) is 0 Å². The molecule has 1 fully saturated rings. The summed E-state index contributed by atoms with van der Waals surface area (Å²) in [7, 11) is 3.27. The largest absolute Gasteiger partial charge is 0.468 e. The van der Waals surface area contributed by atoms with E-state index in [4.69, 9.17) is 4.74 Å². The van der Waals surface area contributed by atoms with Crippen LogP contribution in [0.4, 0.5) is 0 Å². The Hall–Kier alpha value is -0.650. The summed E-state index contributed by atoms with van der Waals surface area (Å²) in [5, 5.41) is 3.12. The van der Waals surface area contributed by atoms with Gasteiger partial charge in [0.25, 0.3) is 0 Å². The smallest absolute Gasteiger partial charge is 0.325 e. The number of carbonyl (C=O) groups excluding carboxylic acids is 1. The average molecular weight is 299 g/mol. The highest BCUT2D eigenvalue weighted by molar-refractivity contribution is 5.80. The lowest BCUT2D eigenvalue weighted by Crippen LogP contribution is -2.58. The molecule has 1 rings (SSSR count). The molecule has 0 radical (unpaired) electrons. The third-order valence-corrected chi connectivity index (χ3v) is 4.78. The number of carbonyl (C=O) groups is 1. The highest BCUT2D eigenvalue weighted by Gasteiger charge is 2.36. The van der Waals surface area contributed by atoms with Crippen molar-refractivity contribution in [2.45, 2.75) is 58.2 Å². The maximum atomic E-state index is 12.0. The molecular weight excluding hydrogens is 266 g/mol. The molecule has 0 bridgehead atoms. The van der Waals surface area contributed by atoms with Gasteiger partial charge in [-0.3, -0.25) is 14.6 Å². The molecule has 0 spiro atoms. The summed E-state index contributed by atoms with van der Waals surface area (Å²) in [6, 6.07) is 0.351. The predicted molar refractivity (Wildman–Crippen MR) is 86.5 cm³/mol. The van der Waals surface area contributed by atoms with E-state index in [0.717, 1.165) is 32.6 Å². The molecule has 1 heterocycles. The van der Waals surface area contributed by atoms with E-state index < -0.39 is 5.54 Å². The summed E-state index contributed by atoms with van der Waals surface area (Å²) in [5.41, 5.74) is -0.379. The van der Waals surface area contributed by atoms with Crippen molar-refractivity contribution in [3.63, 3.8) is 0 Å². The zero-order chi connectivity index (χ0) is 16.3. The SMILES string of the molecule is CNC(C)(CC(C)N1CCN(C(C)(C)C)CC1)C(=O)OC. The van der Waals surface area contributed by atoms with E-state index in [1.54, 1.807) is 0 Å². The van der Waals surface area contributed by atoms with Crippen LogP contribution in [0.2, 0.25) is 0 Å². The first kappa shape index (κ1) is 18.4. The fraction of sp³-hybridized carbons (Fsp3) is 0.938. The van der Waals surface area contributed by atoms with Gasteiger partial charge in [0.2, 0.25) is 0 Å². The van der Waals surface area contributed by atoms with E-state index in [-0.39, 0.29) is 11.5 Å². The molecule has 0 aromatic rings. The van der Waals surface area contributed by atoms with Gasteiger partial charge < -0.3 is 10.1 Å². The van der Waals surface area contributed by atoms with Crippen molar-refractivity contribution in [1.82, 2.24) is 15.1 Å². The summed E-state index contributed by atoms with van der Waals surface area (Å²) in [5.74, 6) is -0.190. The van der Waals surface area contributed by atoms with E-state index >= 15 is 0 Å². The Morgan fingerprint density at radius 2 is 1.71 bits per heavy atom. The molecule has 0 aromatic heterocycles. The summed E-state index contributed by atoms with van der Waals surface area (Å²) in [6.07, 6.45) is 0.756. The molecule has 1 saturated heterocycles. The molecule has 1 aliphatic heterocycles. The molecule has 21 heavy (non-hydrogen) atoms. The van der Waals surface area contributed by atoms with Crippen molar-refractivity contribution in [2.75, 3.05) is 40.3 Å². The fourth-order valence-electron chi connectivity index (χ4n) is 3.07. The minimum atomic E-state index is -0.616. The number of nitrogens with zero attached hydrogens (tertiary/aromatic N) is 2. The van der Waals surface area contributed by atoms with Gasteiger partial charge in [0.05, 0.1) is 7.11 Å². The number of piperazine rings is 1. The van der Waals surface area contributed by atoms with Crippen LogP contribution in [0.3, 0.4) is 0 Å². The first-order chi connectivity index (χ1) is 9.64. The van der Waals surface area contributed by atoms with Crippen LogP contribution in [0.25, 0.3) is 0 Å². The third kappa shape index (κ3) is 4.66. The van der Waals surface area contributed by atoms with Crippen molar-refractivity contribution < 1.29 is 9.53 Å². The zero-order valence-corrected chi connectivity index (χ0v) is 14.8. The van der Waals surface area contributed by atoms with E-state index in [9.17, 15) is 4.79 Å². The standard InChI is InChI=1S/C16H33N3O2/c1-13(12-16(5,17-6)14(20)21-7)18-8-10-19(11-9-18)15(2,3)4/h13,17H,8-12H2,1-7H3. The van der Waals surface area contributed by atoms with Crippen LogP contribution in [0.5, 0.6) is 0 Å². The van der Waals surface area contributed by atoms with Crippen LogP contribution in [0, 0.1) is 0 Å². The fourth-order valence-corrected chi connectivity index (χ4v) is 3.07. The van der Waals surface area contributed by atoms with E-state index in [1.807, 2.05) is 14.0 Å². The van der Waals surface area contributed by atoms with Crippen LogP contribution < -0.4 is 5.32 Å². The lowest BCUT2D eigenvalue weighted by molar-refractivity contribution is -0.148. The number of methoxy groups -OCH3 is 1. The highest BCUT2D eigenvalue weighted by Crippen LogP contribution is 2.21. The monoisotopic (exact) mass is 299 g/mol. The summed E-state index contributed by atoms with van der Waals surface area (Å²) >= 11 is 0. The molecule has 1 aliphatic rings. The second-order valence-corrected chi connectivity index (χ2v) is 7.32. The quantitative estimate of drug-likeness (QED) is 0.776. The highest BCUT2D eigenvalue weighted by atomic mass is 16.5. The molecule has 5 heteroatoms. The average Bonchev–Trinajstić information content (AvgIpc) is 2.45.